The van der Waals surface area contributed by atoms with Crippen LogP contribution in [0.25, 0.3) is 0 Å². The van der Waals surface area contributed by atoms with Crippen LogP contribution in [0.15, 0.2) is 18.2 Å². The van der Waals surface area contributed by atoms with Crippen LogP contribution in [0.1, 0.15) is 30.1 Å². The van der Waals surface area contributed by atoms with Crippen LogP contribution in [0.5, 0.6) is 0 Å². The third kappa shape index (κ3) is 4.87. The van der Waals surface area contributed by atoms with Crippen molar-refractivity contribution >= 4 is 41.5 Å². The number of hydrogen-bond donors (Lipinski definition) is 3. The monoisotopic (exact) mass is 345 g/mol. The summed E-state index contributed by atoms with van der Waals surface area (Å²) in [6, 6.07) is 4.90. The van der Waals surface area contributed by atoms with Gasteiger partial charge in [-0.2, -0.15) is 0 Å². The van der Waals surface area contributed by atoms with Gasteiger partial charge in [-0.1, -0.05) is 11.6 Å². The van der Waals surface area contributed by atoms with Crippen LogP contribution in [-0.2, 0) is 4.79 Å². The summed E-state index contributed by atoms with van der Waals surface area (Å²) in [5.74, 6) is -0.358. The van der Waals surface area contributed by atoms with E-state index in [1.54, 1.807) is 18.2 Å². The second kappa shape index (κ2) is 8.98. The van der Waals surface area contributed by atoms with Crippen LogP contribution in [0.2, 0.25) is 5.02 Å². The third-order valence-corrected chi connectivity index (χ3v) is 3.72. The quantitative estimate of drug-likeness (QED) is 0.784. The first-order valence-electron chi connectivity index (χ1n) is 7.21. The summed E-state index contributed by atoms with van der Waals surface area (Å²) in [4.78, 5) is 24.3. The number of carbonyl (C=O) groups excluding carboxylic acids is 2. The molecular formula is C15H21Cl2N3O2. The van der Waals surface area contributed by atoms with Crippen LogP contribution in [0.4, 0.5) is 5.69 Å². The summed E-state index contributed by atoms with van der Waals surface area (Å²) in [6.45, 7) is 3.99. The Kier molecular flexibility index (Phi) is 7.65. The molecule has 0 bridgehead atoms. The molecule has 1 aliphatic heterocycles. The Morgan fingerprint density at radius 1 is 1.41 bits per heavy atom. The predicted molar refractivity (Wildman–Crippen MR) is 90.9 cm³/mol. The number of nitrogens with one attached hydrogen (secondary N) is 3. The van der Waals surface area contributed by atoms with E-state index in [1.807, 2.05) is 6.92 Å². The molecule has 22 heavy (non-hydrogen) atoms. The zero-order chi connectivity index (χ0) is 15.2. The number of benzene rings is 1. The van der Waals surface area contributed by atoms with Crippen molar-refractivity contribution in [1.29, 1.82) is 0 Å². The first-order valence-corrected chi connectivity index (χ1v) is 7.59. The number of carbonyl (C=O) groups is 2. The van der Waals surface area contributed by atoms with Crippen molar-refractivity contribution in [2.75, 3.05) is 25.0 Å². The van der Waals surface area contributed by atoms with Crippen molar-refractivity contribution < 1.29 is 9.59 Å². The molecule has 0 aliphatic carbocycles. The average Bonchev–Trinajstić information content (AvgIpc) is 2.50. The van der Waals surface area contributed by atoms with Gasteiger partial charge in [0.2, 0.25) is 5.91 Å². The number of anilines is 1. The zero-order valence-electron chi connectivity index (χ0n) is 12.4. The van der Waals surface area contributed by atoms with Gasteiger partial charge in [0.15, 0.2) is 0 Å². The molecule has 1 aliphatic rings. The maximum absolute atomic E-state index is 12.3. The molecule has 0 aromatic heterocycles. The van der Waals surface area contributed by atoms with Gasteiger partial charge >= 0.3 is 0 Å². The zero-order valence-corrected chi connectivity index (χ0v) is 14.0. The minimum Gasteiger partial charge on any atom is -0.352 e. The van der Waals surface area contributed by atoms with E-state index in [-0.39, 0.29) is 30.1 Å². The van der Waals surface area contributed by atoms with Crippen molar-refractivity contribution in [1.82, 2.24) is 10.6 Å². The number of rotatable bonds is 4. The summed E-state index contributed by atoms with van der Waals surface area (Å²) >= 11 is 5.94. The minimum absolute atomic E-state index is 0. The van der Waals surface area contributed by atoms with E-state index < -0.39 is 0 Å². The molecule has 1 saturated heterocycles. The summed E-state index contributed by atoms with van der Waals surface area (Å²) < 4.78 is 0. The highest BCUT2D eigenvalue weighted by atomic mass is 35.5. The second-order valence-corrected chi connectivity index (χ2v) is 5.52. The molecule has 5 nitrogen and oxygen atoms in total. The fraction of sp³-hybridized carbons (Fsp3) is 0.467. The van der Waals surface area contributed by atoms with Crippen LogP contribution in [0.3, 0.4) is 0 Å². The molecule has 0 radical (unpaired) electrons. The van der Waals surface area contributed by atoms with Gasteiger partial charge in [-0.25, -0.2) is 0 Å². The number of hydrogen-bond acceptors (Lipinski definition) is 3. The van der Waals surface area contributed by atoms with Gasteiger partial charge in [0.05, 0.1) is 17.2 Å². The molecule has 7 heteroatoms. The van der Waals surface area contributed by atoms with Crippen LogP contribution in [-0.4, -0.2) is 31.4 Å². The molecule has 0 spiro atoms. The Balaban J connectivity index is 0.00000242. The van der Waals surface area contributed by atoms with Gasteiger partial charge in [0, 0.05) is 18.1 Å². The Morgan fingerprint density at radius 3 is 2.82 bits per heavy atom. The topological polar surface area (TPSA) is 70.2 Å². The Morgan fingerprint density at radius 2 is 2.18 bits per heavy atom. The lowest BCUT2D eigenvalue weighted by molar-refractivity contribution is -0.120. The summed E-state index contributed by atoms with van der Waals surface area (Å²) in [7, 11) is 0. The molecule has 3 N–H and O–H groups in total. The molecule has 1 aromatic rings. The highest BCUT2D eigenvalue weighted by Crippen LogP contribution is 2.22. The fourth-order valence-corrected chi connectivity index (χ4v) is 2.55. The van der Waals surface area contributed by atoms with E-state index in [0.717, 1.165) is 19.4 Å². The second-order valence-electron chi connectivity index (χ2n) is 5.08. The highest BCUT2D eigenvalue weighted by Gasteiger charge is 2.22. The number of piperidine rings is 1. The van der Waals surface area contributed by atoms with E-state index in [1.165, 1.54) is 0 Å². The molecule has 1 atom stereocenters. The largest absolute Gasteiger partial charge is 0.352 e. The van der Waals surface area contributed by atoms with Crippen molar-refractivity contribution in [3.63, 3.8) is 0 Å². The Bertz CT molecular complexity index is 532. The first-order chi connectivity index (χ1) is 10.1. The normalized spacial score (nSPS) is 17.3. The molecule has 1 aromatic carbocycles. The van der Waals surface area contributed by atoms with E-state index in [2.05, 4.69) is 16.0 Å². The van der Waals surface area contributed by atoms with Crippen molar-refractivity contribution in [2.24, 2.45) is 5.92 Å². The maximum atomic E-state index is 12.3. The summed E-state index contributed by atoms with van der Waals surface area (Å²) in [5.41, 5.74) is 0.891. The van der Waals surface area contributed by atoms with Gasteiger partial charge in [0.1, 0.15) is 0 Å². The van der Waals surface area contributed by atoms with Crippen LogP contribution in [0, 0.1) is 5.92 Å². The molecule has 0 saturated carbocycles. The van der Waals surface area contributed by atoms with Gasteiger partial charge in [-0.15, -0.1) is 12.4 Å². The molecule has 1 fully saturated rings. The minimum atomic E-state index is -0.239. The van der Waals surface area contributed by atoms with Gasteiger partial charge in [-0.05, 0) is 44.5 Å². The fourth-order valence-electron chi connectivity index (χ4n) is 2.38. The van der Waals surface area contributed by atoms with Gasteiger partial charge in [-0.3, -0.25) is 9.59 Å². The molecule has 2 amide bonds. The molecule has 122 valence electrons. The van der Waals surface area contributed by atoms with Crippen molar-refractivity contribution in [3.05, 3.63) is 28.8 Å². The van der Waals surface area contributed by atoms with Crippen molar-refractivity contribution in [2.45, 2.75) is 19.8 Å². The molecular weight excluding hydrogens is 325 g/mol. The SMILES string of the molecule is CCNC(=O)c1cc(Cl)ccc1NC(=O)C1CCCNC1.Cl. The van der Waals surface area contributed by atoms with E-state index in [0.29, 0.717) is 29.4 Å². The maximum Gasteiger partial charge on any atom is 0.253 e. The van der Waals surface area contributed by atoms with E-state index >= 15 is 0 Å². The third-order valence-electron chi connectivity index (χ3n) is 3.49. The van der Waals surface area contributed by atoms with Crippen LogP contribution >= 0.6 is 24.0 Å². The summed E-state index contributed by atoms with van der Waals surface area (Å²) in [5, 5.41) is 9.24. The lowest BCUT2D eigenvalue weighted by atomic mass is 9.98. The molecule has 1 unspecified atom stereocenters. The van der Waals surface area contributed by atoms with E-state index in [4.69, 9.17) is 11.6 Å². The van der Waals surface area contributed by atoms with Crippen molar-refractivity contribution in [3.8, 4) is 0 Å². The predicted octanol–water partition coefficient (Wildman–Crippen LogP) is 2.45. The number of amides is 2. The standard InChI is InChI=1S/C15H20ClN3O2.ClH/c1-2-18-15(21)12-8-11(16)5-6-13(12)19-14(20)10-4-3-7-17-9-10;/h5-6,8,10,17H,2-4,7,9H2,1H3,(H,18,21)(H,19,20);1H. The lowest BCUT2D eigenvalue weighted by Gasteiger charge is -2.22. The van der Waals surface area contributed by atoms with E-state index in [9.17, 15) is 9.59 Å². The number of halogens is 2. The van der Waals surface area contributed by atoms with Gasteiger partial charge < -0.3 is 16.0 Å². The molecule has 2 rings (SSSR count). The smallest absolute Gasteiger partial charge is 0.253 e. The van der Waals surface area contributed by atoms with Crippen LogP contribution < -0.4 is 16.0 Å². The Labute approximate surface area is 141 Å². The lowest BCUT2D eigenvalue weighted by Crippen LogP contribution is -2.37. The first kappa shape index (κ1) is 18.7. The van der Waals surface area contributed by atoms with Gasteiger partial charge in [0.25, 0.3) is 5.91 Å². The Hall–Kier alpha value is -1.30. The molecule has 1 heterocycles. The average molecular weight is 346 g/mol. The summed E-state index contributed by atoms with van der Waals surface area (Å²) in [6.07, 6.45) is 1.85. The highest BCUT2D eigenvalue weighted by molar-refractivity contribution is 6.31.